The van der Waals surface area contributed by atoms with Gasteiger partial charge in [0.25, 0.3) is 0 Å². The van der Waals surface area contributed by atoms with Crippen LogP contribution in [0.4, 0.5) is 0 Å². The van der Waals surface area contributed by atoms with Crippen molar-refractivity contribution >= 4 is 12.3 Å². The number of allylic oxidation sites excluding steroid dienone is 1. The average molecular weight is 619 g/mol. The summed E-state index contributed by atoms with van der Waals surface area (Å²) in [4.78, 5) is 26.0. The second kappa shape index (κ2) is 10.3. The SMILES string of the molecule is C[C@@H]1CC[C@]2(C(=O)O)CC[C@]3(C)C(=CC[C@@H]4[C@@]5(C)CC[C@H](O[C@@H]6OC[C@@H](O)[C@H](O)[C@H]6O)[C@](C)(C=O)[C@@H]5CC[C@]43C)[C@@H]2[C@]1(C)O. The first-order chi connectivity index (χ1) is 20.4. The molecule has 248 valence electrons. The molecule has 1 heterocycles. The minimum absolute atomic E-state index is 0.00150. The van der Waals surface area contributed by atoms with Crippen LogP contribution < -0.4 is 0 Å². The van der Waals surface area contributed by atoms with Gasteiger partial charge in [0.15, 0.2) is 6.29 Å². The molecule has 15 atom stereocenters. The van der Waals surface area contributed by atoms with E-state index in [0.717, 1.165) is 44.0 Å². The molecule has 9 nitrogen and oxygen atoms in total. The molecule has 5 fully saturated rings. The van der Waals surface area contributed by atoms with Crippen LogP contribution in [0, 0.1) is 50.7 Å². The molecular formula is C35H54O9. The van der Waals surface area contributed by atoms with E-state index >= 15 is 0 Å². The number of aliphatic carboxylic acids is 1. The molecule has 4 saturated carbocycles. The molecule has 6 aliphatic rings. The molecule has 9 heteroatoms. The van der Waals surface area contributed by atoms with Gasteiger partial charge < -0.3 is 39.8 Å². The Balaban J connectivity index is 1.35. The van der Waals surface area contributed by atoms with Crippen molar-refractivity contribution in [3.8, 4) is 0 Å². The Bertz CT molecular complexity index is 1220. The van der Waals surface area contributed by atoms with Gasteiger partial charge in [-0.25, -0.2) is 0 Å². The number of carbonyl (C=O) groups is 2. The summed E-state index contributed by atoms with van der Waals surface area (Å²) in [5, 5.41) is 53.4. The summed E-state index contributed by atoms with van der Waals surface area (Å²) in [7, 11) is 0. The van der Waals surface area contributed by atoms with Crippen LogP contribution in [-0.2, 0) is 19.1 Å². The zero-order chi connectivity index (χ0) is 32.3. The minimum Gasteiger partial charge on any atom is -0.481 e. The first-order valence-electron chi connectivity index (χ1n) is 16.9. The maximum absolute atomic E-state index is 13.1. The number of carbonyl (C=O) groups excluding carboxylic acids is 1. The zero-order valence-electron chi connectivity index (χ0n) is 27.3. The molecule has 5 aliphatic carbocycles. The monoisotopic (exact) mass is 618 g/mol. The minimum atomic E-state index is -1.41. The molecule has 44 heavy (non-hydrogen) atoms. The van der Waals surface area contributed by atoms with Crippen molar-refractivity contribution in [2.75, 3.05) is 6.61 Å². The Labute approximate surface area is 261 Å². The number of rotatable bonds is 4. The topological polar surface area (TPSA) is 154 Å². The standard InChI is InChI=1S/C35H54O9/c1-19-9-14-35(29(40)41)16-15-32(4)20(27(35)34(19,6)42)7-8-23-30(2)12-11-24(44-28-26(39)25(38)21(37)17-43-28)31(3,18-36)22(30)10-13-33(23,32)5/h7,18-19,21-28,37-39,42H,8-17H2,1-6H3,(H,40,41)/t19-,21-,22-,23-,24+,25+,26-,27-,28+,30+,31-,32-,33-,34-,35+/m1/s1. The summed E-state index contributed by atoms with van der Waals surface area (Å²) in [5.41, 5.74) is -2.40. The van der Waals surface area contributed by atoms with E-state index in [1.807, 2.05) is 13.8 Å². The number of carboxylic acids is 1. The Morgan fingerprint density at radius 2 is 1.66 bits per heavy atom. The van der Waals surface area contributed by atoms with Crippen molar-refractivity contribution in [3.05, 3.63) is 11.6 Å². The molecule has 6 rings (SSSR count). The molecule has 0 aromatic rings. The molecule has 0 radical (unpaired) electrons. The Morgan fingerprint density at radius 3 is 2.32 bits per heavy atom. The molecule has 0 aromatic heterocycles. The van der Waals surface area contributed by atoms with E-state index in [0.29, 0.717) is 25.7 Å². The maximum Gasteiger partial charge on any atom is 0.310 e. The van der Waals surface area contributed by atoms with Crippen LogP contribution in [-0.4, -0.2) is 80.7 Å². The predicted molar refractivity (Wildman–Crippen MR) is 161 cm³/mol. The van der Waals surface area contributed by atoms with Gasteiger partial charge in [-0.15, -0.1) is 0 Å². The lowest BCUT2D eigenvalue weighted by molar-refractivity contribution is -0.305. The van der Waals surface area contributed by atoms with Gasteiger partial charge in [0, 0.05) is 5.92 Å². The molecule has 5 N–H and O–H groups in total. The number of aliphatic hydroxyl groups is 4. The van der Waals surface area contributed by atoms with Crippen LogP contribution >= 0.6 is 0 Å². The van der Waals surface area contributed by atoms with Gasteiger partial charge in [0.1, 0.15) is 24.6 Å². The van der Waals surface area contributed by atoms with Crippen LogP contribution in [0.15, 0.2) is 11.6 Å². The largest absolute Gasteiger partial charge is 0.481 e. The molecule has 1 aliphatic heterocycles. The molecule has 0 spiro atoms. The van der Waals surface area contributed by atoms with Crippen molar-refractivity contribution < 1.29 is 44.6 Å². The third-order valence-electron chi connectivity index (χ3n) is 15.1. The lowest BCUT2D eigenvalue weighted by Crippen LogP contribution is -2.68. The predicted octanol–water partition coefficient (Wildman–Crippen LogP) is 3.85. The van der Waals surface area contributed by atoms with E-state index in [9.17, 15) is 35.1 Å². The van der Waals surface area contributed by atoms with Gasteiger partial charge in [-0.1, -0.05) is 46.3 Å². The normalized spacial score (nSPS) is 57.1. The molecule has 0 amide bonds. The lowest BCUT2D eigenvalue weighted by atomic mass is 9.33. The van der Waals surface area contributed by atoms with Crippen LogP contribution in [0.3, 0.4) is 0 Å². The summed E-state index contributed by atoms with van der Waals surface area (Å²) in [6.07, 6.45) is 4.17. The quantitative estimate of drug-likeness (QED) is 0.180. The Kier molecular flexibility index (Phi) is 7.64. The van der Waals surface area contributed by atoms with Gasteiger partial charge >= 0.3 is 5.97 Å². The fraction of sp³-hybridized carbons (Fsp3) is 0.886. The number of carboxylic acid groups (broad SMARTS) is 1. The number of hydrogen-bond donors (Lipinski definition) is 5. The van der Waals surface area contributed by atoms with E-state index < -0.39 is 59.0 Å². The van der Waals surface area contributed by atoms with Crippen molar-refractivity contribution in [3.63, 3.8) is 0 Å². The van der Waals surface area contributed by atoms with Crippen molar-refractivity contribution in [2.24, 2.45) is 50.7 Å². The van der Waals surface area contributed by atoms with E-state index in [-0.39, 0.29) is 40.6 Å². The van der Waals surface area contributed by atoms with E-state index in [1.165, 1.54) is 0 Å². The summed E-state index contributed by atoms with van der Waals surface area (Å²) >= 11 is 0. The number of hydrogen-bond acceptors (Lipinski definition) is 8. The van der Waals surface area contributed by atoms with Gasteiger partial charge in [0.05, 0.1) is 29.1 Å². The highest BCUT2D eigenvalue weighted by Gasteiger charge is 2.72. The first kappa shape index (κ1) is 32.6. The smallest absolute Gasteiger partial charge is 0.310 e. The molecule has 0 unspecified atom stereocenters. The molecular weight excluding hydrogens is 564 g/mol. The maximum atomic E-state index is 13.1. The third-order valence-corrected chi connectivity index (χ3v) is 15.1. The van der Waals surface area contributed by atoms with Crippen LogP contribution in [0.25, 0.3) is 0 Å². The van der Waals surface area contributed by atoms with Crippen molar-refractivity contribution in [1.82, 2.24) is 0 Å². The number of fused-ring (bicyclic) bond motifs is 7. The third kappa shape index (κ3) is 4.05. The summed E-state index contributed by atoms with van der Waals surface area (Å²) in [6.45, 7) is 12.8. The fourth-order valence-corrected chi connectivity index (χ4v) is 12.0. The number of ether oxygens (including phenoxy) is 2. The van der Waals surface area contributed by atoms with Crippen LogP contribution in [0.1, 0.15) is 99.3 Å². The first-order valence-corrected chi connectivity index (χ1v) is 16.9. The van der Waals surface area contributed by atoms with Crippen LogP contribution in [0.5, 0.6) is 0 Å². The average Bonchev–Trinajstić information content (AvgIpc) is 2.96. The van der Waals surface area contributed by atoms with Crippen LogP contribution in [0.2, 0.25) is 0 Å². The van der Waals surface area contributed by atoms with Gasteiger partial charge in [0.2, 0.25) is 0 Å². The Hall–Kier alpha value is -1.36. The zero-order valence-corrected chi connectivity index (χ0v) is 27.3. The second-order valence-corrected chi connectivity index (χ2v) is 16.8. The molecule has 0 bridgehead atoms. The number of aldehydes is 1. The van der Waals surface area contributed by atoms with E-state index in [4.69, 9.17) is 9.47 Å². The molecule has 1 saturated heterocycles. The van der Waals surface area contributed by atoms with Gasteiger partial charge in [-0.05, 0) is 98.7 Å². The lowest BCUT2D eigenvalue weighted by Gasteiger charge is -2.71. The highest BCUT2D eigenvalue weighted by Crippen LogP contribution is 2.76. The summed E-state index contributed by atoms with van der Waals surface area (Å²) in [6, 6.07) is 0. The highest BCUT2D eigenvalue weighted by atomic mass is 16.7. The summed E-state index contributed by atoms with van der Waals surface area (Å²) in [5.74, 6) is -0.951. The molecule has 0 aromatic carbocycles. The van der Waals surface area contributed by atoms with E-state index in [2.05, 4.69) is 33.8 Å². The Morgan fingerprint density at radius 1 is 0.955 bits per heavy atom. The summed E-state index contributed by atoms with van der Waals surface area (Å²) < 4.78 is 11.9. The van der Waals surface area contributed by atoms with Crippen molar-refractivity contribution in [1.29, 1.82) is 0 Å². The number of aliphatic hydroxyl groups excluding tert-OH is 3. The van der Waals surface area contributed by atoms with Crippen molar-refractivity contribution in [2.45, 2.75) is 136 Å². The highest BCUT2D eigenvalue weighted by molar-refractivity contribution is 5.77. The van der Waals surface area contributed by atoms with E-state index in [1.54, 1.807) is 0 Å². The second-order valence-electron chi connectivity index (χ2n) is 16.8. The van der Waals surface area contributed by atoms with Gasteiger partial charge in [-0.3, -0.25) is 4.79 Å². The fourth-order valence-electron chi connectivity index (χ4n) is 12.0. The van der Waals surface area contributed by atoms with Gasteiger partial charge in [-0.2, -0.15) is 0 Å².